The summed E-state index contributed by atoms with van der Waals surface area (Å²) in [6, 6.07) is 4.93. The molecule has 1 fully saturated rings. The van der Waals surface area contributed by atoms with Crippen LogP contribution in [0.4, 0.5) is 5.69 Å². The van der Waals surface area contributed by atoms with Crippen molar-refractivity contribution in [3.8, 4) is 0 Å². The summed E-state index contributed by atoms with van der Waals surface area (Å²) < 4.78 is 0. The summed E-state index contributed by atoms with van der Waals surface area (Å²) in [5.41, 5.74) is 0.432. The third kappa shape index (κ3) is 3.56. The van der Waals surface area contributed by atoms with Crippen LogP contribution < -0.4 is 0 Å². The van der Waals surface area contributed by atoms with Gasteiger partial charge in [-0.15, -0.1) is 0 Å². The molecule has 1 unspecified atom stereocenters. The van der Waals surface area contributed by atoms with Crippen molar-refractivity contribution in [3.05, 3.63) is 39.9 Å². The highest BCUT2D eigenvalue weighted by molar-refractivity contribution is 5.85. The van der Waals surface area contributed by atoms with Crippen molar-refractivity contribution < 1.29 is 19.6 Å². The molecule has 1 aliphatic rings. The molecule has 0 bridgehead atoms. The van der Waals surface area contributed by atoms with E-state index in [1.54, 1.807) is 6.07 Å². The molecule has 0 heterocycles. The average molecular weight is 292 g/mol. The minimum Gasteiger partial charge on any atom is -0.480 e. The highest BCUT2D eigenvalue weighted by Crippen LogP contribution is 2.29. The van der Waals surface area contributed by atoms with E-state index in [-0.39, 0.29) is 24.1 Å². The van der Waals surface area contributed by atoms with Crippen molar-refractivity contribution in [2.75, 3.05) is 0 Å². The maximum Gasteiger partial charge on any atom is 0.326 e. The van der Waals surface area contributed by atoms with Crippen molar-refractivity contribution in [1.82, 2.24) is 4.90 Å². The second kappa shape index (κ2) is 5.90. The largest absolute Gasteiger partial charge is 0.480 e. The van der Waals surface area contributed by atoms with Gasteiger partial charge in [-0.2, -0.15) is 0 Å². The fourth-order valence-corrected chi connectivity index (χ4v) is 2.25. The van der Waals surface area contributed by atoms with E-state index in [0.29, 0.717) is 5.56 Å². The van der Waals surface area contributed by atoms with Gasteiger partial charge in [0.1, 0.15) is 6.04 Å². The summed E-state index contributed by atoms with van der Waals surface area (Å²) in [5.74, 6) is -1.36. The molecule has 0 aliphatic heterocycles. The molecule has 1 amide bonds. The van der Waals surface area contributed by atoms with Gasteiger partial charge in [-0.05, 0) is 25.3 Å². The number of carboxylic acids is 1. The lowest BCUT2D eigenvalue weighted by Crippen LogP contribution is -2.45. The van der Waals surface area contributed by atoms with Gasteiger partial charge >= 0.3 is 5.97 Å². The number of non-ortho nitro benzene ring substituents is 1. The van der Waals surface area contributed by atoms with E-state index in [0.717, 1.165) is 12.8 Å². The first-order valence-corrected chi connectivity index (χ1v) is 6.67. The van der Waals surface area contributed by atoms with Gasteiger partial charge in [-0.25, -0.2) is 4.79 Å². The Morgan fingerprint density at radius 1 is 1.48 bits per heavy atom. The van der Waals surface area contributed by atoms with Crippen molar-refractivity contribution in [2.24, 2.45) is 0 Å². The predicted octanol–water partition coefficient (Wildman–Crippen LogP) is 1.60. The van der Waals surface area contributed by atoms with Gasteiger partial charge in [-0.3, -0.25) is 14.9 Å². The van der Waals surface area contributed by atoms with Gasteiger partial charge in [-0.1, -0.05) is 12.1 Å². The molecule has 0 spiro atoms. The van der Waals surface area contributed by atoms with E-state index in [9.17, 15) is 19.7 Å². The second-order valence-corrected chi connectivity index (χ2v) is 5.15. The van der Waals surface area contributed by atoms with Crippen LogP contribution in [-0.4, -0.2) is 38.9 Å². The predicted molar refractivity (Wildman–Crippen MR) is 73.8 cm³/mol. The Hall–Kier alpha value is -2.44. The summed E-state index contributed by atoms with van der Waals surface area (Å²) in [6.45, 7) is 1.48. The number of nitrogens with zero attached hydrogens (tertiary/aromatic N) is 2. The zero-order chi connectivity index (χ0) is 15.6. The van der Waals surface area contributed by atoms with Gasteiger partial charge in [0.25, 0.3) is 5.69 Å². The first-order chi connectivity index (χ1) is 9.90. The number of amides is 1. The first kappa shape index (κ1) is 15.0. The number of hydrogen-bond donors (Lipinski definition) is 1. The SMILES string of the molecule is CC(C(=O)O)N(C(=O)Cc1cccc([N+](=O)[O-])c1)C1CC1. The Morgan fingerprint density at radius 2 is 2.14 bits per heavy atom. The molecule has 1 saturated carbocycles. The fraction of sp³-hybridized carbons (Fsp3) is 0.429. The Kier molecular flexibility index (Phi) is 4.21. The number of aliphatic carboxylic acids is 1. The number of hydrogen-bond acceptors (Lipinski definition) is 4. The minimum atomic E-state index is -1.05. The summed E-state index contributed by atoms with van der Waals surface area (Å²) >= 11 is 0. The summed E-state index contributed by atoms with van der Waals surface area (Å²) in [5, 5.41) is 19.8. The molecule has 1 aromatic carbocycles. The third-order valence-corrected chi connectivity index (χ3v) is 3.48. The normalized spacial score (nSPS) is 15.3. The number of carbonyl (C=O) groups excluding carboxylic acids is 1. The van der Waals surface area contributed by atoms with Crippen LogP contribution in [0.15, 0.2) is 24.3 Å². The highest BCUT2D eigenvalue weighted by atomic mass is 16.6. The smallest absolute Gasteiger partial charge is 0.326 e. The maximum absolute atomic E-state index is 12.3. The Labute approximate surface area is 121 Å². The van der Waals surface area contributed by atoms with Crippen molar-refractivity contribution >= 4 is 17.6 Å². The molecular weight excluding hydrogens is 276 g/mol. The molecule has 1 atom stereocenters. The van der Waals surface area contributed by atoms with Gasteiger partial charge in [0.2, 0.25) is 5.91 Å². The summed E-state index contributed by atoms with van der Waals surface area (Å²) in [7, 11) is 0. The van der Waals surface area contributed by atoms with E-state index >= 15 is 0 Å². The number of carbonyl (C=O) groups is 2. The van der Waals surface area contributed by atoms with Crippen LogP contribution in [0.2, 0.25) is 0 Å². The zero-order valence-corrected chi connectivity index (χ0v) is 11.6. The monoisotopic (exact) mass is 292 g/mol. The van der Waals surface area contributed by atoms with Crippen molar-refractivity contribution in [1.29, 1.82) is 0 Å². The van der Waals surface area contributed by atoms with Crippen molar-refractivity contribution in [3.63, 3.8) is 0 Å². The number of rotatable bonds is 6. The molecule has 0 aromatic heterocycles. The molecule has 21 heavy (non-hydrogen) atoms. The number of benzene rings is 1. The molecule has 1 N–H and O–H groups in total. The summed E-state index contributed by atoms with van der Waals surface area (Å²) in [6.07, 6.45) is 1.58. The Morgan fingerprint density at radius 3 is 2.67 bits per heavy atom. The number of nitro benzene ring substituents is 1. The van der Waals surface area contributed by atoms with E-state index in [4.69, 9.17) is 5.11 Å². The minimum absolute atomic E-state index is 0.0256. The molecule has 112 valence electrons. The highest BCUT2D eigenvalue weighted by Gasteiger charge is 2.38. The lowest BCUT2D eigenvalue weighted by atomic mass is 10.1. The van der Waals surface area contributed by atoms with Crippen LogP contribution in [0.3, 0.4) is 0 Å². The molecule has 0 saturated heterocycles. The van der Waals surface area contributed by atoms with Gasteiger partial charge < -0.3 is 10.0 Å². The lowest BCUT2D eigenvalue weighted by Gasteiger charge is -2.26. The van der Waals surface area contributed by atoms with Crippen LogP contribution in [-0.2, 0) is 16.0 Å². The molecule has 7 heteroatoms. The van der Waals surface area contributed by atoms with Crippen LogP contribution >= 0.6 is 0 Å². The van der Waals surface area contributed by atoms with Crippen LogP contribution in [0.25, 0.3) is 0 Å². The van der Waals surface area contributed by atoms with E-state index in [2.05, 4.69) is 0 Å². The molecule has 0 radical (unpaired) electrons. The molecule has 1 aliphatic carbocycles. The Bertz CT molecular complexity index is 582. The molecular formula is C14H16N2O5. The van der Waals surface area contributed by atoms with Crippen molar-refractivity contribution in [2.45, 2.75) is 38.3 Å². The Balaban J connectivity index is 2.13. The van der Waals surface area contributed by atoms with Crippen LogP contribution in [0.1, 0.15) is 25.3 Å². The number of nitro groups is 1. The fourth-order valence-electron chi connectivity index (χ4n) is 2.25. The quantitative estimate of drug-likeness (QED) is 0.634. The first-order valence-electron chi connectivity index (χ1n) is 6.67. The average Bonchev–Trinajstić information content (AvgIpc) is 3.23. The zero-order valence-electron chi connectivity index (χ0n) is 11.6. The maximum atomic E-state index is 12.3. The molecule has 7 nitrogen and oxygen atoms in total. The van der Waals surface area contributed by atoms with E-state index < -0.39 is 16.9 Å². The molecule has 2 rings (SSSR count). The van der Waals surface area contributed by atoms with E-state index in [1.807, 2.05) is 0 Å². The van der Waals surface area contributed by atoms with Crippen LogP contribution in [0, 0.1) is 10.1 Å². The third-order valence-electron chi connectivity index (χ3n) is 3.48. The van der Waals surface area contributed by atoms with Gasteiger partial charge in [0.15, 0.2) is 0 Å². The standard InChI is InChI=1S/C14H16N2O5/c1-9(14(18)19)15(11-5-6-11)13(17)8-10-3-2-4-12(7-10)16(20)21/h2-4,7,9,11H,5-6,8H2,1H3,(H,18,19). The van der Waals surface area contributed by atoms with Gasteiger partial charge in [0, 0.05) is 18.2 Å². The molecule has 1 aromatic rings. The van der Waals surface area contributed by atoms with E-state index in [1.165, 1.54) is 30.0 Å². The lowest BCUT2D eigenvalue weighted by molar-refractivity contribution is -0.384. The number of carboxylic acid groups (broad SMARTS) is 1. The van der Waals surface area contributed by atoms with Crippen LogP contribution in [0.5, 0.6) is 0 Å². The summed E-state index contributed by atoms with van der Waals surface area (Å²) in [4.78, 5) is 35.0. The van der Waals surface area contributed by atoms with Gasteiger partial charge in [0.05, 0.1) is 11.3 Å². The topological polar surface area (TPSA) is 101 Å². The second-order valence-electron chi connectivity index (χ2n) is 5.15.